The maximum absolute atomic E-state index is 14.1. The summed E-state index contributed by atoms with van der Waals surface area (Å²) in [6.45, 7) is 1.93. The van der Waals surface area contributed by atoms with Crippen LogP contribution in [0.1, 0.15) is 27.5 Å². The van der Waals surface area contributed by atoms with E-state index in [-0.39, 0.29) is 11.5 Å². The number of ketones is 1. The zero-order valence-corrected chi connectivity index (χ0v) is 21.0. The number of carbonyl (C=O) groups excluding carboxylic acids is 1. The monoisotopic (exact) mass is 494 g/mol. The molecule has 6 nitrogen and oxygen atoms in total. The average Bonchev–Trinajstić information content (AvgIpc) is 3.28. The molecular formula is C27H27FN2O4S. The molecule has 8 heteroatoms. The van der Waals surface area contributed by atoms with Gasteiger partial charge in [0.1, 0.15) is 29.1 Å². The summed E-state index contributed by atoms with van der Waals surface area (Å²) in [7, 11) is 4.66. The lowest BCUT2D eigenvalue weighted by atomic mass is 9.95. The van der Waals surface area contributed by atoms with Crippen LogP contribution in [-0.4, -0.2) is 38.4 Å². The highest BCUT2D eigenvalue weighted by atomic mass is 32.2. The fraction of sp³-hybridized carbons (Fsp3) is 0.222. The van der Waals surface area contributed by atoms with Crippen molar-refractivity contribution in [2.75, 3.05) is 32.9 Å². The quantitative estimate of drug-likeness (QED) is 0.207. The zero-order valence-electron chi connectivity index (χ0n) is 20.2. The molecule has 1 heterocycles. The molecule has 0 bridgehead atoms. The summed E-state index contributed by atoms with van der Waals surface area (Å²) in [4.78, 5) is 18.2. The van der Waals surface area contributed by atoms with Crippen molar-refractivity contribution in [3.63, 3.8) is 0 Å². The van der Waals surface area contributed by atoms with Gasteiger partial charge in [0.25, 0.3) is 0 Å². The highest BCUT2D eigenvalue weighted by Gasteiger charge is 2.28. The molecular weight excluding hydrogens is 467 g/mol. The van der Waals surface area contributed by atoms with Crippen molar-refractivity contribution in [1.82, 2.24) is 4.98 Å². The van der Waals surface area contributed by atoms with Gasteiger partial charge in [0.2, 0.25) is 0 Å². The van der Waals surface area contributed by atoms with Crippen LogP contribution in [-0.2, 0) is 0 Å². The second-order valence-corrected chi connectivity index (χ2v) is 8.88. The van der Waals surface area contributed by atoms with E-state index in [2.05, 4.69) is 10.3 Å². The van der Waals surface area contributed by atoms with Gasteiger partial charge in [-0.3, -0.25) is 4.79 Å². The van der Waals surface area contributed by atoms with Gasteiger partial charge in [-0.05, 0) is 49.1 Å². The Hall–Kier alpha value is -3.65. The van der Waals surface area contributed by atoms with E-state index in [9.17, 15) is 9.18 Å². The second kappa shape index (κ2) is 10.3. The first-order chi connectivity index (χ1) is 16.9. The summed E-state index contributed by atoms with van der Waals surface area (Å²) in [6.07, 6.45) is 3.65. The average molecular weight is 495 g/mol. The summed E-state index contributed by atoms with van der Waals surface area (Å²) < 4.78 is 30.3. The molecule has 2 N–H and O–H groups in total. The Morgan fingerprint density at radius 3 is 2.46 bits per heavy atom. The van der Waals surface area contributed by atoms with Gasteiger partial charge in [-0.1, -0.05) is 0 Å². The largest absolute Gasteiger partial charge is 0.497 e. The third-order valence-electron chi connectivity index (χ3n) is 5.89. The Morgan fingerprint density at radius 1 is 1.00 bits per heavy atom. The van der Waals surface area contributed by atoms with Gasteiger partial charge in [-0.2, -0.15) is 0 Å². The number of aromatic amines is 1. The summed E-state index contributed by atoms with van der Waals surface area (Å²) in [5.41, 5.74) is 3.41. The molecule has 0 aliphatic rings. The van der Waals surface area contributed by atoms with Gasteiger partial charge >= 0.3 is 0 Å². The van der Waals surface area contributed by atoms with Crippen LogP contribution in [0.25, 0.3) is 10.9 Å². The van der Waals surface area contributed by atoms with Crippen LogP contribution >= 0.6 is 11.8 Å². The lowest BCUT2D eigenvalue weighted by Gasteiger charge is -2.22. The van der Waals surface area contributed by atoms with Crippen molar-refractivity contribution in [2.24, 2.45) is 0 Å². The Labute approximate surface area is 207 Å². The van der Waals surface area contributed by atoms with Crippen LogP contribution in [0.15, 0.2) is 59.6 Å². The van der Waals surface area contributed by atoms with Gasteiger partial charge in [0, 0.05) is 57.0 Å². The highest BCUT2D eigenvalue weighted by Crippen LogP contribution is 2.36. The third-order valence-corrected chi connectivity index (χ3v) is 6.60. The number of ether oxygens (including phenoxy) is 3. The van der Waals surface area contributed by atoms with Crippen molar-refractivity contribution in [1.29, 1.82) is 0 Å². The number of fused-ring (bicyclic) bond motifs is 1. The summed E-state index contributed by atoms with van der Waals surface area (Å²) in [5, 5.41) is 4.12. The topological polar surface area (TPSA) is 72.6 Å². The lowest BCUT2D eigenvalue weighted by molar-refractivity contribution is 0.0970. The smallest absolute Gasteiger partial charge is 0.191 e. The first-order valence-electron chi connectivity index (χ1n) is 10.9. The first-order valence-corrected chi connectivity index (χ1v) is 12.1. The molecule has 0 saturated carbocycles. The number of rotatable bonds is 9. The summed E-state index contributed by atoms with van der Waals surface area (Å²) >= 11 is 1.56. The van der Waals surface area contributed by atoms with E-state index in [4.69, 9.17) is 14.2 Å². The van der Waals surface area contributed by atoms with Gasteiger partial charge in [0.15, 0.2) is 5.78 Å². The molecule has 0 saturated heterocycles. The number of halogens is 1. The minimum Gasteiger partial charge on any atom is -0.497 e. The van der Waals surface area contributed by atoms with Crippen molar-refractivity contribution in [2.45, 2.75) is 17.9 Å². The number of H-pyrrole nitrogens is 1. The van der Waals surface area contributed by atoms with Crippen LogP contribution < -0.4 is 19.5 Å². The molecule has 0 radical (unpaired) electrons. The predicted octanol–water partition coefficient (Wildman–Crippen LogP) is 6.40. The number of hydrogen-bond acceptors (Lipinski definition) is 6. The van der Waals surface area contributed by atoms with Gasteiger partial charge in [0.05, 0.1) is 21.3 Å². The fourth-order valence-electron chi connectivity index (χ4n) is 4.10. The number of aryl methyl sites for hydroxylation is 1. The molecule has 1 atom stereocenters. The number of aromatic nitrogens is 1. The molecule has 0 aliphatic carbocycles. The molecule has 1 aromatic heterocycles. The molecule has 0 amide bonds. The van der Waals surface area contributed by atoms with Crippen LogP contribution in [0, 0.1) is 12.7 Å². The van der Waals surface area contributed by atoms with Gasteiger partial charge < -0.3 is 24.5 Å². The molecule has 182 valence electrons. The first kappa shape index (κ1) is 24.5. The zero-order chi connectivity index (χ0) is 25.1. The Kier molecular flexibility index (Phi) is 7.21. The highest BCUT2D eigenvalue weighted by molar-refractivity contribution is 7.98. The number of nitrogens with one attached hydrogen (secondary N) is 2. The molecule has 3 aromatic carbocycles. The SMILES string of the molecule is COc1cc(NC(C(=O)c2c[nH]c3cc(OC)c(C)cc23)c2ccc(F)cc2OC)cc(SC)c1. The number of benzene rings is 3. The Morgan fingerprint density at radius 2 is 1.77 bits per heavy atom. The second-order valence-electron chi connectivity index (χ2n) is 8.00. The summed E-state index contributed by atoms with van der Waals surface area (Å²) in [6, 6.07) is 12.8. The van der Waals surface area contributed by atoms with Crippen molar-refractivity contribution < 1.29 is 23.4 Å². The maximum Gasteiger partial charge on any atom is 0.191 e. The number of Topliss-reactive ketones (excluding diaryl/α,β-unsaturated/α-hetero) is 1. The molecule has 1 unspecified atom stereocenters. The fourth-order valence-corrected chi connectivity index (χ4v) is 4.58. The van der Waals surface area contributed by atoms with Crippen molar-refractivity contribution >= 4 is 34.1 Å². The normalized spacial score (nSPS) is 11.8. The van der Waals surface area contributed by atoms with E-state index in [1.807, 2.05) is 43.5 Å². The Bertz CT molecular complexity index is 1360. The number of methoxy groups -OCH3 is 3. The molecule has 0 spiro atoms. The van der Waals surface area contributed by atoms with E-state index in [1.165, 1.54) is 19.2 Å². The summed E-state index contributed by atoms with van der Waals surface area (Å²) in [5.74, 6) is 1.03. The van der Waals surface area contributed by atoms with E-state index >= 15 is 0 Å². The van der Waals surface area contributed by atoms with E-state index in [0.29, 0.717) is 22.6 Å². The van der Waals surface area contributed by atoms with Crippen LogP contribution in [0.4, 0.5) is 10.1 Å². The lowest BCUT2D eigenvalue weighted by Crippen LogP contribution is -2.22. The Balaban J connectivity index is 1.85. The minimum absolute atomic E-state index is 0.195. The van der Waals surface area contributed by atoms with Gasteiger partial charge in [-0.15, -0.1) is 11.8 Å². The van der Waals surface area contributed by atoms with Crippen LogP contribution in [0.5, 0.6) is 17.2 Å². The van der Waals surface area contributed by atoms with Crippen molar-refractivity contribution in [3.8, 4) is 17.2 Å². The standard InChI is InChI=1S/C27H27FN2O4S/c1-15-8-21-22(14-29-23(21)13-24(15)33-3)27(31)26(20-7-6-16(28)9-25(20)34-4)30-17-10-18(32-2)12-19(11-17)35-5/h6-14,26,29-30H,1-5H3. The number of anilines is 1. The maximum atomic E-state index is 14.1. The minimum atomic E-state index is -0.853. The molecule has 4 aromatic rings. The molecule has 0 fully saturated rings. The van der Waals surface area contributed by atoms with Gasteiger partial charge in [-0.25, -0.2) is 4.39 Å². The molecule has 0 aliphatic heterocycles. The van der Waals surface area contributed by atoms with E-state index in [0.717, 1.165) is 27.1 Å². The van der Waals surface area contributed by atoms with E-state index < -0.39 is 11.9 Å². The molecule has 35 heavy (non-hydrogen) atoms. The van der Waals surface area contributed by atoms with Crippen molar-refractivity contribution in [3.05, 3.63) is 77.2 Å². The van der Waals surface area contributed by atoms with Crippen LogP contribution in [0.3, 0.4) is 0 Å². The third kappa shape index (κ3) is 4.93. The number of hydrogen-bond donors (Lipinski definition) is 2. The van der Waals surface area contributed by atoms with E-state index in [1.54, 1.807) is 38.2 Å². The number of thioether (sulfide) groups is 1. The number of carbonyl (C=O) groups is 1. The van der Waals surface area contributed by atoms with Crippen LogP contribution in [0.2, 0.25) is 0 Å². The molecule has 4 rings (SSSR count). The predicted molar refractivity (Wildman–Crippen MR) is 138 cm³/mol.